The molecule has 2 aliphatic rings. The van der Waals surface area contributed by atoms with Gasteiger partial charge in [-0.1, -0.05) is 0 Å². The van der Waals surface area contributed by atoms with Crippen LogP contribution in [0, 0.1) is 6.92 Å². The van der Waals surface area contributed by atoms with E-state index in [1.807, 2.05) is 14.0 Å². The van der Waals surface area contributed by atoms with Crippen molar-refractivity contribution in [1.82, 2.24) is 14.8 Å². The summed E-state index contributed by atoms with van der Waals surface area (Å²) in [5, 5.41) is 0. The number of ether oxygens (including phenoxy) is 1. The maximum absolute atomic E-state index is 12.8. The molecular weight excluding hydrogens is 294 g/mol. The van der Waals surface area contributed by atoms with E-state index < -0.39 is 5.60 Å². The Balaban J connectivity index is 1.84. The van der Waals surface area contributed by atoms with Crippen LogP contribution in [0.1, 0.15) is 35.3 Å². The van der Waals surface area contributed by atoms with Crippen LogP contribution in [-0.4, -0.2) is 65.5 Å². The van der Waals surface area contributed by atoms with Crippen LogP contribution in [0.4, 0.5) is 0 Å². The smallest absolute Gasteiger partial charge is 0.256 e. The highest BCUT2D eigenvalue weighted by molar-refractivity contribution is 5.96. The first-order chi connectivity index (χ1) is 11.0. The van der Waals surface area contributed by atoms with Crippen molar-refractivity contribution in [3.05, 3.63) is 29.6 Å². The van der Waals surface area contributed by atoms with E-state index >= 15 is 0 Å². The molecule has 6 heteroatoms. The van der Waals surface area contributed by atoms with Gasteiger partial charge in [-0.05, 0) is 38.3 Å². The minimum Gasteiger partial charge on any atom is -0.361 e. The van der Waals surface area contributed by atoms with Gasteiger partial charge in [0.05, 0.1) is 18.7 Å². The number of aryl methyl sites for hydroxylation is 1. The normalized spacial score (nSPS) is 25.6. The Labute approximate surface area is 136 Å². The Morgan fingerprint density at radius 2 is 2.17 bits per heavy atom. The summed E-state index contributed by atoms with van der Waals surface area (Å²) in [6.07, 6.45) is 4.26. The van der Waals surface area contributed by atoms with Gasteiger partial charge in [0, 0.05) is 32.0 Å². The topological polar surface area (TPSA) is 62.7 Å². The van der Waals surface area contributed by atoms with Crippen molar-refractivity contribution in [2.75, 3.05) is 33.3 Å². The van der Waals surface area contributed by atoms with Gasteiger partial charge in [0.15, 0.2) is 5.60 Å². The zero-order chi connectivity index (χ0) is 16.4. The highest BCUT2D eigenvalue weighted by Gasteiger charge is 2.47. The molecule has 0 aromatic carbocycles. The predicted molar refractivity (Wildman–Crippen MR) is 85.0 cm³/mol. The van der Waals surface area contributed by atoms with Gasteiger partial charge in [-0.2, -0.15) is 0 Å². The molecule has 1 unspecified atom stereocenters. The van der Waals surface area contributed by atoms with Gasteiger partial charge >= 0.3 is 0 Å². The molecule has 2 fully saturated rings. The predicted octanol–water partition coefficient (Wildman–Crippen LogP) is 1.24. The minimum absolute atomic E-state index is 0.00425. The van der Waals surface area contributed by atoms with E-state index in [-0.39, 0.29) is 11.8 Å². The molecule has 0 saturated carbocycles. The third-order valence-corrected chi connectivity index (χ3v) is 4.77. The highest BCUT2D eigenvalue weighted by atomic mass is 16.5. The number of carbonyl (C=O) groups excluding carboxylic acids is 2. The molecule has 1 aromatic rings. The summed E-state index contributed by atoms with van der Waals surface area (Å²) in [7, 11) is 1.81. The van der Waals surface area contributed by atoms with Crippen molar-refractivity contribution in [2.45, 2.75) is 31.8 Å². The van der Waals surface area contributed by atoms with Gasteiger partial charge in [-0.3, -0.25) is 14.6 Å². The van der Waals surface area contributed by atoms with E-state index in [0.29, 0.717) is 37.4 Å². The van der Waals surface area contributed by atoms with Crippen molar-refractivity contribution in [1.29, 1.82) is 0 Å². The lowest BCUT2D eigenvalue weighted by atomic mass is 9.93. The molecule has 2 aliphatic heterocycles. The van der Waals surface area contributed by atoms with Gasteiger partial charge in [-0.25, -0.2) is 0 Å². The molecule has 3 rings (SSSR count). The van der Waals surface area contributed by atoms with Crippen molar-refractivity contribution < 1.29 is 14.3 Å². The largest absolute Gasteiger partial charge is 0.361 e. The maximum Gasteiger partial charge on any atom is 0.256 e. The van der Waals surface area contributed by atoms with Crippen LogP contribution in [0.5, 0.6) is 0 Å². The van der Waals surface area contributed by atoms with Crippen molar-refractivity contribution in [3.8, 4) is 0 Å². The second kappa shape index (κ2) is 6.28. The number of amides is 2. The number of morpholine rings is 1. The molecule has 0 radical (unpaired) electrons. The fourth-order valence-corrected chi connectivity index (χ4v) is 3.43. The fourth-order valence-electron chi connectivity index (χ4n) is 3.43. The number of carbonyl (C=O) groups is 2. The van der Waals surface area contributed by atoms with E-state index in [4.69, 9.17) is 4.74 Å². The first kappa shape index (κ1) is 15.9. The molecule has 124 valence electrons. The van der Waals surface area contributed by atoms with Crippen molar-refractivity contribution in [3.63, 3.8) is 0 Å². The number of aromatic nitrogens is 1. The number of likely N-dealkylation sites (N-methyl/N-ethyl adjacent to an activating group) is 1. The second-order valence-corrected chi connectivity index (χ2v) is 6.39. The van der Waals surface area contributed by atoms with Crippen molar-refractivity contribution >= 4 is 11.8 Å². The monoisotopic (exact) mass is 317 g/mol. The number of likely N-dealkylation sites (tertiary alicyclic amines) is 1. The van der Waals surface area contributed by atoms with E-state index in [1.54, 1.807) is 28.1 Å². The summed E-state index contributed by atoms with van der Waals surface area (Å²) >= 11 is 0. The van der Waals surface area contributed by atoms with E-state index in [0.717, 1.165) is 19.4 Å². The molecule has 0 bridgehead atoms. The van der Waals surface area contributed by atoms with Gasteiger partial charge in [0.2, 0.25) is 0 Å². The molecule has 0 N–H and O–H groups in total. The van der Waals surface area contributed by atoms with Gasteiger partial charge in [0.1, 0.15) is 0 Å². The Morgan fingerprint density at radius 3 is 2.96 bits per heavy atom. The lowest BCUT2D eigenvalue weighted by Crippen LogP contribution is -2.60. The molecule has 2 saturated heterocycles. The van der Waals surface area contributed by atoms with Gasteiger partial charge in [-0.15, -0.1) is 0 Å². The zero-order valence-corrected chi connectivity index (χ0v) is 13.7. The lowest BCUT2D eigenvalue weighted by Gasteiger charge is -2.42. The van der Waals surface area contributed by atoms with E-state index in [1.165, 1.54) is 0 Å². The molecule has 6 nitrogen and oxygen atoms in total. The number of hydrogen-bond acceptors (Lipinski definition) is 4. The third-order valence-electron chi connectivity index (χ3n) is 4.77. The minimum atomic E-state index is -0.880. The number of rotatable bonds is 1. The number of nitrogens with zero attached hydrogens (tertiary/aromatic N) is 3. The maximum atomic E-state index is 12.8. The van der Waals surface area contributed by atoms with Crippen molar-refractivity contribution in [2.24, 2.45) is 0 Å². The van der Waals surface area contributed by atoms with Crippen LogP contribution in [0.3, 0.4) is 0 Å². The summed E-state index contributed by atoms with van der Waals surface area (Å²) in [6.45, 7) is 3.80. The molecule has 1 aromatic heterocycles. The van der Waals surface area contributed by atoms with E-state index in [2.05, 4.69) is 4.98 Å². The zero-order valence-electron chi connectivity index (χ0n) is 13.7. The van der Waals surface area contributed by atoms with Crippen LogP contribution in [-0.2, 0) is 9.53 Å². The van der Waals surface area contributed by atoms with Gasteiger partial charge < -0.3 is 14.5 Å². The Morgan fingerprint density at radius 1 is 1.35 bits per heavy atom. The quantitative estimate of drug-likeness (QED) is 0.782. The molecule has 23 heavy (non-hydrogen) atoms. The van der Waals surface area contributed by atoms with Crippen LogP contribution in [0.15, 0.2) is 18.3 Å². The molecule has 1 atom stereocenters. The first-order valence-electron chi connectivity index (χ1n) is 8.14. The SMILES string of the molecule is Cc1ncccc1C(=O)N1CCOC2(CCCCN(C)C2=O)C1. The average Bonchev–Trinajstić information content (AvgIpc) is 2.69. The summed E-state index contributed by atoms with van der Waals surface area (Å²) in [5.41, 5.74) is 0.427. The summed E-state index contributed by atoms with van der Waals surface area (Å²) in [6, 6.07) is 3.55. The van der Waals surface area contributed by atoms with E-state index in [9.17, 15) is 9.59 Å². The standard InChI is InChI=1S/C17H23N3O3/c1-13-14(6-5-8-18-13)15(21)20-10-11-23-17(12-20)7-3-4-9-19(2)16(17)22/h5-6,8H,3-4,7,9-12H2,1-2H3. The highest BCUT2D eigenvalue weighted by Crippen LogP contribution is 2.30. The lowest BCUT2D eigenvalue weighted by molar-refractivity contribution is -0.166. The first-order valence-corrected chi connectivity index (χ1v) is 8.14. The summed E-state index contributed by atoms with van der Waals surface area (Å²) in [4.78, 5) is 33.2. The van der Waals surface area contributed by atoms with Crippen LogP contribution < -0.4 is 0 Å². The van der Waals surface area contributed by atoms with Crippen LogP contribution in [0.25, 0.3) is 0 Å². The van der Waals surface area contributed by atoms with Gasteiger partial charge in [0.25, 0.3) is 11.8 Å². The Bertz CT molecular complexity index is 619. The fraction of sp³-hybridized carbons (Fsp3) is 0.588. The Hall–Kier alpha value is -1.95. The molecule has 3 heterocycles. The molecular formula is C17H23N3O3. The van der Waals surface area contributed by atoms with Crippen LogP contribution >= 0.6 is 0 Å². The summed E-state index contributed by atoms with van der Waals surface area (Å²) < 4.78 is 5.91. The summed E-state index contributed by atoms with van der Waals surface area (Å²) in [5.74, 6) is -0.0756. The average molecular weight is 317 g/mol. The number of pyridine rings is 1. The number of hydrogen-bond donors (Lipinski definition) is 0. The second-order valence-electron chi connectivity index (χ2n) is 6.39. The molecule has 1 spiro atoms. The third kappa shape index (κ3) is 2.95. The molecule has 2 amide bonds. The Kier molecular flexibility index (Phi) is 4.35. The van der Waals surface area contributed by atoms with Crippen LogP contribution in [0.2, 0.25) is 0 Å². The molecule has 0 aliphatic carbocycles.